The summed E-state index contributed by atoms with van der Waals surface area (Å²) in [4.78, 5) is 14.1. The van der Waals surface area contributed by atoms with Crippen LogP contribution in [0.25, 0.3) is 0 Å². The molecule has 1 aromatic rings. The number of aliphatic hydroxyl groups excluding tert-OH is 1. The highest BCUT2D eigenvalue weighted by Crippen LogP contribution is 2.39. The van der Waals surface area contributed by atoms with Crippen molar-refractivity contribution in [1.29, 1.82) is 0 Å². The number of amides is 1. The Balaban J connectivity index is 2.55. The van der Waals surface area contributed by atoms with Gasteiger partial charge in [-0.15, -0.1) is 0 Å². The molecule has 2 rings (SSSR count). The van der Waals surface area contributed by atoms with E-state index in [1.165, 1.54) is 0 Å². The summed E-state index contributed by atoms with van der Waals surface area (Å²) in [6.07, 6.45) is 0. The van der Waals surface area contributed by atoms with Gasteiger partial charge in [-0.2, -0.15) is 0 Å². The average molecular weight is 249 g/mol. The van der Waals surface area contributed by atoms with E-state index in [-0.39, 0.29) is 18.6 Å². The van der Waals surface area contributed by atoms with Crippen molar-refractivity contribution in [3.8, 4) is 5.75 Å². The van der Waals surface area contributed by atoms with Crippen molar-refractivity contribution in [2.24, 2.45) is 0 Å². The van der Waals surface area contributed by atoms with Gasteiger partial charge < -0.3 is 14.7 Å². The topological polar surface area (TPSA) is 49.8 Å². The van der Waals surface area contributed by atoms with Crippen LogP contribution < -0.4 is 9.64 Å². The zero-order chi connectivity index (χ0) is 13.5. The molecule has 1 aliphatic heterocycles. The zero-order valence-corrected chi connectivity index (χ0v) is 11.2. The van der Waals surface area contributed by atoms with Gasteiger partial charge in [0.2, 0.25) is 0 Å². The van der Waals surface area contributed by atoms with Crippen LogP contribution in [-0.4, -0.2) is 22.7 Å². The highest BCUT2D eigenvalue weighted by atomic mass is 16.5. The Morgan fingerprint density at radius 1 is 1.39 bits per heavy atom. The fourth-order valence-electron chi connectivity index (χ4n) is 2.17. The lowest BCUT2D eigenvalue weighted by atomic mass is 10.0. The second kappa shape index (κ2) is 4.28. The minimum absolute atomic E-state index is 0.0350. The number of aliphatic hydroxyl groups is 1. The molecule has 1 amide bonds. The second-order valence-corrected chi connectivity index (χ2v) is 5.34. The third kappa shape index (κ3) is 1.97. The summed E-state index contributed by atoms with van der Waals surface area (Å²) in [6, 6.07) is 5.50. The van der Waals surface area contributed by atoms with Gasteiger partial charge in [-0.3, -0.25) is 4.79 Å². The van der Waals surface area contributed by atoms with Crippen LogP contribution in [0.5, 0.6) is 5.75 Å². The normalized spacial score (nSPS) is 17.7. The number of nitrogens with zero attached hydrogens (tertiary/aromatic N) is 1. The molecular formula is C14H19NO3. The molecule has 0 aliphatic carbocycles. The molecule has 1 aromatic carbocycles. The van der Waals surface area contributed by atoms with Gasteiger partial charge in [0.15, 0.2) is 5.60 Å². The number of carbonyl (C=O) groups excluding carboxylic acids is 1. The van der Waals surface area contributed by atoms with Crippen LogP contribution in [0.1, 0.15) is 33.3 Å². The summed E-state index contributed by atoms with van der Waals surface area (Å²) in [7, 11) is 0. The van der Waals surface area contributed by atoms with E-state index in [0.717, 1.165) is 11.3 Å². The molecule has 0 aromatic heterocycles. The van der Waals surface area contributed by atoms with Crippen LogP contribution in [0, 0.1) is 0 Å². The molecule has 1 heterocycles. The maximum atomic E-state index is 12.4. The van der Waals surface area contributed by atoms with E-state index >= 15 is 0 Å². The van der Waals surface area contributed by atoms with Crippen LogP contribution in [0.15, 0.2) is 18.2 Å². The first-order valence-corrected chi connectivity index (χ1v) is 6.13. The van der Waals surface area contributed by atoms with Crippen LogP contribution >= 0.6 is 0 Å². The fraction of sp³-hybridized carbons (Fsp3) is 0.500. The Labute approximate surface area is 107 Å². The summed E-state index contributed by atoms with van der Waals surface area (Å²) in [5.41, 5.74) is 0.680. The van der Waals surface area contributed by atoms with E-state index in [1.807, 2.05) is 26.0 Å². The lowest BCUT2D eigenvalue weighted by molar-refractivity contribution is -0.133. The predicted octanol–water partition coefficient (Wildman–Crippen LogP) is 2.09. The quantitative estimate of drug-likeness (QED) is 0.873. The lowest BCUT2D eigenvalue weighted by Gasteiger charge is -2.40. The van der Waals surface area contributed by atoms with E-state index in [2.05, 4.69) is 0 Å². The van der Waals surface area contributed by atoms with E-state index in [9.17, 15) is 4.79 Å². The third-order valence-corrected chi connectivity index (χ3v) is 3.08. The number of rotatable bonds is 2. The number of anilines is 1. The maximum Gasteiger partial charge on any atom is 0.270 e. The van der Waals surface area contributed by atoms with Crippen LogP contribution in [-0.2, 0) is 11.4 Å². The van der Waals surface area contributed by atoms with Gasteiger partial charge in [0, 0.05) is 6.04 Å². The molecule has 0 unspecified atom stereocenters. The average Bonchev–Trinajstić information content (AvgIpc) is 2.29. The summed E-state index contributed by atoms with van der Waals surface area (Å²) in [5.74, 6) is 0.613. The molecule has 1 aliphatic rings. The number of carbonyl (C=O) groups is 1. The van der Waals surface area contributed by atoms with Crippen LogP contribution in [0.2, 0.25) is 0 Å². The van der Waals surface area contributed by atoms with E-state index in [4.69, 9.17) is 9.84 Å². The highest BCUT2D eigenvalue weighted by Gasteiger charge is 2.41. The van der Waals surface area contributed by atoms with Gasteiger partial charge in [0.05, 0.1) is 12.3 Å². The van der Waals surface area contributed by atoms with Crippen LogP contribution in [0.3, 0.4) is 0 Å². The van der Waals surface area contributed by atoms with Gasteiger partial charge in [-0.05, 0) is 45.4 Å². The van der Waals surface area contributed by atoms with Crippen LogP contribution in [0.4, 0.5) is 5.69 Å². The van der Waals surface area contributed by atoms with Crippen molar-refractivity contribution >= 4 is 11.6 Å². The predicted molar refractivity (Wildman–Crippen MR) is 69.7 cm³/mol. The molecular weight excluding hydrogens is 230 g/mol. The molecule has 18 heavy (non-hydrogen) atoms. The molecule has 4 heteroatoms. The fourth-order valence-corrected chi connectivity index (χ4v) is 2.17. The SMILES string of the molecule is CC(C)N1C(=O)C(C)(C)Oc2cc(CO)ccc21. The lowest BCUT2D eigenvalue weighted by Crippen LogP contribution is -2.54. The first-order valence-electron chi connectivity index (χ1n) is 6.13. The Kier molecular flexibility index (Phi) is 3.07. The molecule has 1 N–H and O–H groups in total. The van der Waals surface area contributed by atoms with Gasteiger partial charge in [-0.1, -0.05) is 6.07 Å². The number of ether oxygens (including phenoxy) is 1. The van der Waals surface area contributed by atoms with Crippen molar-refractivity contribution in [3.05, 3.63) is 23.8 Å². The molecule has 0 fully saturated rings. The first kappa shape index (κ1) is 12.9. The number of hydrogen-bond donors (Lipinski definition) is 1. The van der Waals surface area contributed by atoms with Gasteiger partial charge in [-0.25, -0.2) is 0 Å². The molecule has 0 saturated heterocycles. The summed E-state index contributed by atoms with van der Waals surface area (Å²) < 4.78 is 5.75. The van der Waals surface area contributed by atoms with E-state index < -0.39 is 5.60 Å². The number of hydrogen-bond acceptors (Lipinski definition) is 3. The monoisotopic (exact) mass is 249 g/mol. The Morgan fingerprint density at radius 2 is 2.06 bits per heavy atom. The number of fused-ring (bicyclic) bond motifs is 1. The maximum absolute atomic E-state index is 12.4. The molecule has 4 nitrogen and oxygen atoms in total. The first-order chi connectivity index (χ1) is 8.36. The smallest absolute Gasteiger partial charge is 0.270 e. The van der Waals surface area contributed by atoms with Crippen molar-refractivity contribution in [2.75, 3.05) is 4.90 Å². The third-order valence-electron chi connectivity index (χ3n) is 3.08. The van der Waals surface area contributed by atoms with Crippen molar-refractivity contribution in [3.63, 3.8) is 0 Å². The van der Waals surface area contributed by atoms with Crippen molar-refractivity contribution in [1.82, 2.24) is 0 Å². The standard InChI is InChI=1S/C14H19NO3/c1-9(2)15-11-6-5-10(8-16)7-12(11)18-14(3,4)13(15)17/h5-7,9,16H,8H2,1-4H3. The van der Waals surface area contributed by atoms with E-state index in [0.29, 0.717) is 5.75 Å². The molecule has 0 bridgehead atoms. The Bertz CT molecular complexity index is 480. The minimum atomic E-state index is -0.870. The number of benzene rings is 1. The second-order valence-electron chi connectivity index (χ2n) is 5.34. The zero-order valence-electron chi connectivity index (χ0n) is 11.2. The molecule has 98 valence electrons. The highest BCUT2D eigenvalue weighted by molar-refractivity contribution is 6.02. The Morgan fingerprint density at radius 3 is 2.61 bits per heavy atom. The van der Waals surface area contributed by atoms with E-state index in [1.54, 1.807) is 24.8 Å². The molecule has 0 saturated carbocycles. The molecule has 0 spiro atoms. The van der Waals surface area contributed by atoms with Gasteiger partial charge in [0.25, 0.3) is 5.91 Å². The van der Waals surface area contributed by atoms with Gasteiger partial charge >= 0.3 is 0 Å². The van der Waals surface area contributed by atoms with Gasteiger partial charge in [0.1, 0.15) is 5.75 Å². The molecule has 0 atom stereocenters. The minimum Gasteiger partial charge on any atom is -0.476 e. The largest absolute Gasteiger partial charge is 0.476 e. The summed E-state index contributed by atoms with van der Waals surface area (Å²) >= 11 is 0. The summed E-state index contributed by atoms with van der Waals surface area (Å²) in [6.45, 7) is 7.44. The Hall–Kier alpha value is -1.55. The summed E-state index contributed by atoms with van der Waals surface area (Å²) in [5, 5.41) is 9.16. The molecule has 0 radical (unpaired) electrons. The van der Waals surface area contributed by atoms with Crippen molar-refractivity contribution < 1.29 is 14.6 Å². The van der Waals surface area contributed by atoms with Crippen molar-refractivity contribution in [2.45, 2.75) is 45.9 Å².